The zero-order chi connectivity index (χ0) is 15.8. The van der Waals surface area contributed by atoms with Crippen LogP contribution in [0.2, 0.25) is 0 Å². The van der Waals surface area contributed by atoms with Crippen molar-refractivity contribution in [2.75, 3.05) is 13.2 Å². The summed E-state index contributed by atoms with van der Waals surface area (Å²) in [6, 6.07) is -1.30. The SMILES string of the molecule is CCOC(=O)[C@H](CC1CCCO1)NC(=O)[C@@H](N)C(C)CC. The van der Waals surface area contributed by atoms with Crippen molar-refractivity contribution in [3.05, 3.63) is 0 Å². The molecule has 3 N–H and O–H groups in total. The third kappa shape index (κ3) is 5.63. The maximum absolute atomic E-state index is 12.2. The van der Waals surface area contributed by atoms with Crippen LogP contribution < -0.4 is 11.1 Å². The van der Waals surface area contributed by atoms with Crippen LogP contribution in [0.5, 0.6) is 0 Å². The predicted octanol–water partition coefficient (Wildman–Crippen LogP) is 0.977. The molecule has 0 aromatic rings. The van der Waals surface area contributed by atoms with Crippen molar-refractivity contribution < 1.29 is 19.1 Å². The highest BCUT2D eigenvalue weighted by molar-refractivity contribution is 5.87. The first-order valence-electron chi connectivity index (χ1n) is 7.83. The zero-order valence-electron chi connectivity index (χ0n) is 13.3. The molecule has 1 aliphatic heterocycles. The Bertz CT molecular complexity index is 343. The van der Waals surface area contributed by atoms with E-state index in [-0.39, 0.29) is 24.5 Å². The first-order valence-corrected chi connectivity index (χ1v) is 7.83. The molecule has 4 atom stereocenters. The zero-order valence-corrected chi connectivity index (χ0v) is 13.3. The molecule has 0 bridgehead atoms. The molecule has 6 heteroatoms. The quantitative estimate of drug-likeness (QED) is 0.652. The Labute approximate surface area is 126 Å². The van der Waals surface area contributed by atoms with Gasteiger partial charge in [-0.05, 0) is 25.7 Å². The van der Waals surface area contributed by atoms with Crippen LogP contribution in [0.25, 0.3) is 0 Å². The minimum Gasteiger partial charge on any atom is -0.464 e. The van der Waals surface area contributed by atoms with E-state index in [0.717, 1.165) is 19.3 Å². The molecule has 122 valence electrons. The van der Waals surface area contributed by atoms with E-state index in [2.05, 4.69) is 5.32 Å². The van der Waals surface area contributed by atoms with Gasteiger partial charge in [0.2, 0.25) is 5.91 Å². The second-order valence-corrected chi connectivity index (χ2v) is 5.60. The van der Waals surface area contributed by atoms with Gasteiger partial charge in [-0.3, -0.25) is 4.79 Å². The highest BCUT2D eigenvalue weighted by Gasteiger charge is 2.30. The summed E-state index contributed by atoms with van der Waals surface area (Å²) < 4.78 is 10.6. The molecule has 6 nitrogen and oxygen atoms in total. The molecular formula is C15H28N2O4. The summed E-state index contributed by atoms with van der Waals surface area (Å²) in [7, 11) is 0. The van der Waals surface area contributed by atoms with Gasteiger partial charge in [-0.15, -0.1) is 0 Å². The van der Waals surface area contributed by atoms with Crippen molar-refractivity contribution in [3.8, 4) is 0 Å². The Balaban J connectivity index is 2.62. The lowest BCUT2D eigenvalue weighted by Crippen LogP contribution is -2.51. The van der Waals surface area contributed by atoms with E-state index >= 15 is 0 Å². The van der Waals surface area contributed by atoms with Crippen LogP contribution in [-0.2, 0) is 19.1 Å². The molecule has 1 fully saturated rings. The van der Waals surface area contributed by atoms with Crippen LogP contribution >= 0.6 is 0 Å². The second-order valence-electron chi connectivity index (χ2n) is 5.60. The number of amides is 1. The Hall–Kier alpha value is -1.14. The van der Waals surface area contributed by atoms with E-state index in [4.69, 9.17) is 15.2 Å². The average Bonchev–Trinajstić information content (AvgIpc) is 2.98. The number of ether oxygens (including phenoxy) is 2. The summed E-state index contributed by atoms with van der Waals surface area (Å²) in [4.78, 5) is 24.1. The van der Waals surface area contributed by atoms with Crippen LogP contribution in [0.3, 0.4) is 0 Å². The van der Waals surface area contributed by atoms with Crippen LogP contribution in [0.1, 0.15) is 46.5 Å². The van der Waals surface area contributed by atoms with E-state index in [0.29, 0.717) is 13.0 Å². The van der Waals surface area contributed by atoms with Crippen LogP contribution in [0, 0.1) is 5.92 Å². The number of carbonyl (C=O) groups is 2. The van der Waals surface area contributed by atoms with Gasteiger partial charge in [0, 0.05) is 13.0 Å². The monoisotopic (exact) mass is 300 g/mol. The lowest BCUT2D eigenvalue weighted by molar-refractivity contribution is -0.148. The van der Waals surface area contributed by atoms with E-state index in [1.54, 1.807) is 6.92 Å². The van der Waals surface area contributed by atoms with Gasteiger partial charge >= 0.3 is 5.97 Å². The molecule has 1 saturated heterocycles. The van der Waals surface area contributed by atoms with Crippen molar-refractivity contribution in [2.45, 2.75) is 64.6 Å². The third-order valence-electron chi connectivity index (χ3n) is 3.97. The van der Waals surface area contributed by atoms with Gasteiger partial charge in [-0.1, -0.05) is 20.3 Å². The fourth-order valence-corrected chi connectivity index (χ4v) is 2.33. The summed E-state index contributed by atoms with van der Waals surface area (Å²) in [5.74, 6) is -0.659. The molecule has 0 aromatic heterocycles. The van der Waals surface area contributed by atoms with Crippen molar-refractivity contribution in [3.63, 3.8) is 0 Å². The number of carbonyl (C=O) groups excluding carboxylic acids is 2. The summed E-state index contributed by atoms with van der Waals surface area (Å²) in [6.07, 6.45) is 3.14. The van der Waals surface area contributed by atoms with E-state index in [1.165, 1.54) is 0 Å². The van der Waals surface area contributed by atoms with E-state index < -0.39 is 18.1 Å². The molecule has 2 unspecified atom stereocenters. The van der Waals surface area contributed by atoms with Gasteiger partial charge in [0.1, 0.15) is 6.04 Å². The Kier molecular flexibility index (Phi) is 7.67. The Morgan fingerprint density at radius 1 is 1.43 bits per heavy atom. The summed E-state index contributed by atoms with van der Waals surface area (Å²) in [6.45, 7) is 6.64. The fraction of sp³-hybridized carbons (Fsp3) is 0.867. The largest absolute Gasteiger partial charge is 0.464 e. The number of hydrogen-bond acceptors (Lipinski definition) is 5. The normalized spacial score (nSPS) is 22.4. The van der Waals surface area contributed by atoms with E-state index in [9.17, 15) is 9.59 Å². The van der Waals surface area contributed by atoms with Gasteiger partial charge < -0.3 is 20.5 Å². The second kappa shape index (κ2) is 9.00. The summed E-state index contributed by atoms with van der Waals surface area (Å²) in [5.41, 5.74) is 5.91. The van der Waals surface area contributed by atoms with Crippen molar-refractivity contribution in [2.24, 2.45) is 11.7 Å². The standard InChI is InChI=1S/C15H28N2O4/c1-4-10(3)13(16)14(18)17-12(15(19)20-5-2)9-11-7-6-8-21-11/h10-13H,4-9,16H2,1-3H3,(H,17,18)/t10?,11?,12-,13-/m0/s1. The predicted molar refractivity (Wildman–Crippen MR) is 79.6 cm³/mol. The number of esters is 1. The molecule has 1 rings (SSSR count). The minimum atomic E-state index is -0.685. The maximum atomic E-state index is 12.2. The van der Waals surface area contributed by atoms with Gasteiger partial charge in [0.25, 0.3) is 0 Å². The molecule has 21 heavy (non-hydrogen) atoms. The first-order chi connectivity index (χ1) is 9.99. The van der Waals surface area contributed by atoms with Gasteiger partial charge in [0.15, 0.2) is 0 Å². The Morgan fingerprint density at radius 3 is 2.67 bits per heavy atom. The molecular weight excluding hydrogens is 272 g/mol. The Morgan fingerprint density at radius 2 is 2.14 bits per heavy atom. The highest BCUT2D eigenvalue weighted by atomic mass is 16.5. The number of nitrogens with two attached hydrogens (primary N) is 1. The molecule has 0 spiro atoms. The maximum Gasteiger partial charge on any atom is 0.328 e. The number of nitrogens with one attached hydrogen (secondary N) is 1. The topological polar surface area (TPSA) is 90.6 Å². The van der Waals surface area contributed by atoms with Crippen molar-refractivity contribution >= 4 is 11.9 Å². The highest BCUT2D eigenvalue weighted by Crippen LogP contribution is 2.18. The van der Waals surface area contributed by atoms with Gasteiger partial charge in [-0.25, -0.2) is 4.79 Å². The lowest BCUT2D eigenvalue weighted by Gasteiger charge is -2.24. The number of hydrogen-bond donors (Lipinski definition) is 2. The molecule has 1 aliphatic rings. The molecule has 1 amide bonds. The van der Waals surface area contributed by atoms with Crippen molar-refractivity contribution in [1.82, 2.24) is 5.32 Å². The molecule has 0 aliphatic carbocycles. The van der Waals surface area contributed by atoms with Crippen LogP contribution in [0.15, 0.2) is 0 Å². The third-order valence-corrected chi connectivity index (χ3v) is 3.97. The number of rotatable bonds is 8. The van der Waals surface area contributed by atoms with Crippen LogP contribution in [0.4, 0.5) is 0 Å². The van der Waals surface area contributed by atoms with Gasteiger partial charge in [-0.2, -0.15) is 0 Å². The first kappa shape index (κ1) is 17.9. The fourth-order valence-electron chi connectivity index (χ4n) is 2.33. The summed E-state index contributed by atoms with van der Waals surface area (Å²) in [5, 5.41) is 2.72. The molecule has 0 saturated carbocycles. The van der Waals surface area contributed by atoms with E-state index in [1.807, 2.05) is 13.8 Å². The van der Waals surface area contributed by atoms with Crippen LogP contribution in [-0.4, -0.2) is 43.3 Å². The molecule has 0 aromatic carbocycles. The molecule has 1 heterocycles. The van der Waals surface area contributed by atoms with Crippen molar-refractivity contribution in [1.29, 1.82) is 0 Å². The smallest absolute Gasteiger partial charge is 0.328 e. The lowest BCUT2D eigenvalue weighted by atomic mass is 9.98. The average molecular weight is 300 g/mol. The molecule has 0 radical (unpaired) electrons. The minimum absolute atomic E-state index is 0.000436. The summed E-state index contributed by atoms with van der Waals surface area (Å²) >= 11 is 0. The van der Waals surface area contributed by atoms with Gasteiger partial charge in [0.05, 0.1) is 18.8 Å².